The lowest BCUT2D eigenvalue weighted by molar-refractivity contribution is -0.385. The normalized spacial score (nSPS) is 11.1. The van der Waals surface area contributed by atoms with Crippen LogP contribution in [0.1, 0.15) is 10.4 Å². The smallest absolute Gasteiger partial charge is 0.300 e. The van der Waals surface area contributed by atoms with Crippen LogP contribution >= 0.6 is 23.2 Å². The van der Waals surface area contributed by atoms with Gasteiger partial charge < -0.3 is 5.32 Å². The van der Waals surface area contributed by atoms with Gasteiger partial charge in [-0.25, -0.2) is 8.42 Å². The molecule has 1 N–H and O–H groups in total. The Morgan fingerprint density at radius 3 is 2.46 bits per heavy atom. The molecular weight excluding hydrogens is 379 g/mol. The van der Waals surface area contributed by atoms with Gasteiger partial charge in [0.15, 0.2) is 9.84 Å². The standard InChI is InChI=1S/C14H10Cl2N2O5S/c1-24(22,23)10-4-2-3-9(7-10)17-14(19)11-5-8(15)6-12(16)13(11)18(20)21/h2-7H,1H3,(H,17,19). The monoisotopic (exact) mass is 388 g/mol. The lowest BCUT2D eigenvalue weighted by atomic mass is 10.1. The SMILES string of the molecule is CS(=O)(=O)c1cccc(NC(=O)c2cc(Cl)cc(Cl)c2[N+](=O)[O-])c1. The molecule has 2 rings (SSSR count). The number of amides is 1. The Kier molecular flexibility index (Phi) is 5.12. The molecule has 2 aromatic rings. The first-order valence-corrected chi connectivity index (χ1v) is 8.99. The third-order valence-corrected chi connectivity index (χ3v) is 4.59. The highest BCUT2D eigenvalue weighted by Crippen LogP contribution is 2.32. The molecule has 7 nitrogen and oxygen atoms in total. The molecule has 0 radical (unpaired) electrons. The quantitative estimate of drug-likeness (QED) is 0.636. The molecule has 2 aromatic carbocycles. The zero-order chi connectivity index (χ0) is 18.1. The maximum absolute atomic E-state index is 12.3. The Morgan fingerprint density at radius 2 is 1.88 bits per heavy atom. The Labute approximate surface area is 147 Å². The first-order chi connectivity index (χ1) is 11.1. The Balaban J connectivity index is 2.43. The third-order valence-electron chi connectivity index (χ3n) is 2.98. The van der Waals surface area contributed by atoms with Crippen LogP contribution in [-0.4, -0.2) is 25.5 Å². The number of nitro benzene ring substituents is 1. The number of nitro groups is 1. The molecule has 0 heterocycles. The number of nitrogens with zero attached hydrogens (tertiary/aromatic N) is 1. The number of nitrogens with one attached hydrogen (secondary N) is 1. The molecule has 0 atom stereocenters. The zero-order valence-corrected chi connectivity index (χ0v) is 14.4. The molecule has 126 valence electrons. The van der Waals surface area contributed by atoms with Gasteiger partial charge in [-0.15, -0.1) is 0 Å². The molecule has 0 saturated carbocycles. The number of anilines is 1. The predicted octanol–water partition coefficient (Wildman–Crippen LogP) is 3.56. The van der Waals surface area contributed by atoms with Crippen molar-refractivity contribution in [2.24, 2.45) is 0 Å². The van der Waals surface area contributed by atoms with Crippen LogP contribution in [0.4, 0.5) is 11.4 Å². The third kappa shape index (κ3) is 4.02. The average molecular weight is 389 g/mol. The lowest BCUT2D eigenvalue weighted by Gasteiger charge is -2.08. The Morgan fingerprint density at radius 1 is 1.21 bits per heavy atom. The Bertz CT molecular complexity index is 944. The second kappa shape index (κ2) is 6.76. The van der Waals surface area contributed by atoms with E-state index < -0.39 is 26.4 Å². The van der Waals surface area contributed by atoms with Gasteiger partial charge in [-0.05, 0) is 30.3 Å². The van der Waals surface area contributed by atoms with Crippen LogP contribution in [0.3, 0.4) is 0 Å². The fraction of sp³-hybridized carbons (Fsp3) is 0.0714. The zero-order valence-electron chi connectivity index (χ0n) is 12.1. The molecule has 0 unspecified atom stereocenters. The van der Waals surface area contributed by atoms with E-state index in [1.165, 1.54) is 24.3 Å². The largest absolute Gasteiger partial charge is 0.322 e. The molecule has 0 saturated heterocycles. The van der Waals surface area contributed by atoms with Crippen molar-refractivity contribution in [3.63, 3.8) is 0 Å². The highest BCUT2D eigenvalue weighted by Gasteiger charge is 2.25. The van der Waals surface area contributed by atoms with E-state index >= 15 is 0 Å². The second-order valence-electron chi connectivity index (χ2n) is 4.80. The molecule has 0 aromatic heterocycles. The molecule has 0 aliphatic rings. The van der Waals surface area contributed by atoms with Crippen molar-refractivity contribution >= 4 is 50.3 Å². The highest BCUT2D eigenvalue weighted by molar-refractivity contribution is 7.90. The second-order valence-corrected chi connectivity index (χ2v) is 7.65. The van der Waals surface area contributed by atoms with Crippen molar-refractivity contribution in [3.8, 4) is 0 Å². The van der Waals surface area contributed by atoms with Gasteiger partial charge >= 0.3 is 5.69 Å². The maximum atomic E-state index is 12.3. The summed E-state index contributed by atoms with van der Waals surface area (Å²) in [6.45, 7) is 0. The van der Waals surface area contributed by atoms with Crippen LogP contribution in [0, 0.1) is 10.1 Å². The number of benzene rings is 2. The van der Waals surface area contributed by atoms with Gasteiger partial charge in [0, 0.05) is 17.0 Å². The van der Waals surface area contributed by atoms with E-state index in [9.17, 15) is 23.3 Å². The molecule has 24 heavy (non-hydrogen) atoms. The van der Waals surface area contributed by atoms with Crippen LogP contribution in [0.25, 0.3) is 0 Å². The van der Waals surface area contributed by atoms with Crippen molar-refractivity contribution in [1.82, 2.24) is 0 Å². The van der Waals surface area contributed by atoms with Crippen LogP contribution in [0.5, 0.6) is 0 Å². The van der Waals surface area contributed by atoms with Gasteiger partial charge in [0.05, 0.1) is 9.82 Å². The number of hydrogen-bond acceptors (Lipinski definition) is 5. The van der Waals surface area contributed by atoms with Crippen LogP contribution in [0.15, 0.2) is 41.3 Å². The van der Waals surface area contributed by atoms with E-state index in [-0.39, 0.29) is 26.2 Å². The van der Waals surface area contributed by atoms with Crippen molar-refractivity contribution in [3.05, 3.63) is 62.1 Å². The van der Waals surface area contributed by atoms with Gasteiger partial charge in [0.25, 0.3) is 5.91 Å². The molecule has 0 aliphatic heterocycles. The summed E-state index contributed by atoms with van der Waals surface area (Å²) < 4.78 is 23.1. The van der Waals surface area contributed by atoms with Crippen molar-refractivity contribution in [1.29, 1.82) is 0 Å². The number of sulfone groups is 1. The fourth-order valence-corrected chi connectivity index (χ4v) is 3.16. The Hall–Kier alpha value is -2.16. The van der Waals surface area contributed by atoms with E-state index in [0.29, 0.717) is 0 Å². The molecular formula is C14H10Cl2N2O5S. The minimum Gasteiger partial charge on any atom is -0.322 e. The van der Waals surface area contributed by atoms with Gasteiger partial charge in [0.1, 0.15) is 10.6 Å². The lowest BCUT2D eigenvalue weighted by Crippen LogP contribution is -2.14. The van der Waals surface area contributed by atoms with Crippen molar-refractivity contribution in [2.75, 3.05) is 11.6 Å². The van der Waals surface area contributed by atoms with E-state index in [1.54, 1.807) is 0 Å². The molecule has 0 aliphatic carbocycles. The minimum absolute atomic E-state index is 0.000994. The number of rotatable bonds is 4. The van der Waals surface area contributed by atoms with E-state index in [1.807, 2.05) is 0 Å². The van der Waals surface area contributed by atoms with E-state index in [4.69, 9.17) is 23.2 Å². The summed E-state index contributed by atoms with van der Waals surface area (Å²) in [4.78, 5) is 22.6. The fourth-order valence-electron chi connectivity index (χ4n) is 1.93. The highest BCUT2D eigenvalue weighted by atomic mass is 35.5. The summed E-state index contributed by atoms with van der Waals surface area (Å²) >= 11 is 11.6. The summed E-state index contributed by atoms with van der Waals surface area (Å²) in [5, 5.41) is 13.3. The summed E-state index contributed by atoms with van der Waals surface area (Å²) in [6.07, 6.45) is 1.02. The van der Waals surface area contributed by atoms with Gasteiger partial charge in [-0.3, -0.25) is 14.9 Å². The van der Waals surface area contributed by atoms with Gasteiger partial charge in [0.2, 0.25) is 0 Å². The topological polar surface area (TPSA) is 106 Å². The first kappa shape index (κ1) is 18.2. The summed E-state index contributed by atoms with van der Waals surface area (Å²) in [6, 6.07) is 7.76. The molecule has 0 bridgehead atoms. The van der Waals surface area contributed by atoms with Gasteiger partial charge in [-0.2, -0.15) is 0 Å². The van der Waals surface area contributed by atoms with Crippen LogP contribution in [0.2, 0.25) is 10.0 Å². The summed E-state index contributed by atoms with van der Waals surface area (Å²) in [5.41, 5.74) is -0.756. The van der Waals surface area contributed by atoms with E-state index in [0.717, 1.165) is 18.4 Å². The first-order valence-electron chi connectivity index (χ1n) is 6.34. The predicted molar refractivity (Wildman–Crippen MR) is 90.6 cm³/mol. The van der Waals surface area contributed by atoms with Gasteiger partial charge in [-0.1, -0.05) is 29.3 Å². The maximum Gasteiger partial charge on any atom is 0.300 e. The summed E-state index contributed by atoms with van der Waals surface area (Å²) in [5.74, 6) is -0.836. The van der Waals surface area contributed by atoms with Crippen molar-refractivity contribution < 1.29 is 18.1 Å². The minimum atomic E-state index is -3.46. The number of carbonyl (C=O) groups excluding carboxylic acids is 1. The molecule has 0 fully saturated rings. The molecule has 10 heteroatoms. The number of carbonyl (C=O) groups is 1. The van der Waals surface area contributed by atoms with Crippen molar-refractivity contribution in [2.45, 2.75) is 4.90 Å². The number of halogens is 2. The van der Waals surface area contributed by atoms with E-state index in [2.05, 4.69) is 5.32 Å². The number of hydrogen-bond donors (Lipinski definition) is 1. The van der Waals surface area contributed by atoms with Crippen LogP contribution < -0.4 is 5.32 Å². The summed E-state index contributed by atoms with van der Waals surface area (Å²) in [7, 11) is -3.46. The molecule has 0 spiro atoms. The van der Waals surface area contributed by atoms with Crippen LogP contribution in [-0.2, 0) is 9.84 Å². The molecule has 1 amide bonds. The average Bonchev–Trinajstić information content (AvgIpc) is 2.45.